The number of rotatable bonds is 11. The molecule has 2 N–H and O–H groups in total. The maximum Gasteiger partial charge on any atom is 0.270 e. The molecule has 0 aliphatic rings. The SMILES string of the molecule is COc1ccccc1Cn1cnc2cc(C(=O)NCc3cccc(-n4cc(CNC(=O)c5cccc(-n6cncn6)n5)nn4)c3)ccc21. The zero-order chi connectivity index (χ0) is 32.9. The summed E-state index contributed by atoms with van der Waals surface area (Å²) in [4.78, 5) is 38.6. The fourth-order valence-electron chi connectivity index (χ4n) is 5.21. The third kappa shape index (κ3) is 6.48. The lowest BCUT2D eigenvalue weighted by molar-refractivity contribution is 0.0939. The molecule has 0 aliphatic heterocycles. The number of nitrogens with one attached hydrogen (secondary N) is 2. The maximum absolute atomic E-state index is 13.1. The fraction of sp³-hybridized carbons (Fsp3) is 0.118. The van der Waals surface area contributed by atoms with Crippen molar-refractivity contribution in [1.29, 1.82) is 0 Å². The standard InChI is InChI=1S/C34H29N11O3/c1-48-31-10-3-2-7-25(31)18-43-22-38-29-15-24(12-13-30(29)43)33(46)36-16-23-6-4-8-27(14-23)44-19-26(41-42-44)17-37-34(47)28-9-5-11-32(40-28)45-21-35-20-39-45/h2-15,19-22H,16-18H2,1H3,(H,36,46)(H,37,47). The first-order valence-corrected chi connectivity index (χ1v) is 15.0. The van der Waals surface area contributed by atoms with Crippen molar-refractivity contribution in [1.82, 2.24) is 54.9 Å². The van der Waals surface area contributed by atoms with Crippen molar-refractivity contribution in [3.8, 4) is 17.3 Å². The lowest BCUT2D eigenvalue weighted by Gasteiger charge is -2.10. The van der Waals surface area contributed by atoms with E-state index in [1.165, 1.54) is 17.3 Å². The molecule has 3 aromatic carbocycles. The molecule has 4 heterocycles. The van der Waals surface area contributed by atoms with Gasteiger partial charge in [-0.2, -0.15) is 5.10 Å². The van der Waals surface area contributed by atoms with E-state index < -0.39 is 0 Å². The Bertz CT molecular complexity index is 2220. The van der Waals surface area contributed by atoms with Gasteiger partial charge in [-0.3, -0.25) is 9.59 Å². The minimum atomic E-state index is -0.357. The van der Waals surface area contributed by atoms with E-state index in [2.05, 4.69) is 41.0 Å². The molecule has 7 rings (SSSR count). The smallest absolute Gasteiger partial charge is 0.270 e. The number of pyridine rings is 1. The zero-order valence-electron chi connectivity index (χ0n) is 25.8. The Kier molecular flexibility index (Phi) is 8.33. The van der Waals surface area contributed by atoms with Crippen LogP contribution in [0.3, 0.4) is 0 Å². The topological polar surface area (TPSA) is 160 Å². The van der Waals surface area contributed by atoms with Crippen LogP contribution < -0.4 is 15.4 Å². The van der Waals surface area contributed by atoms with Gasteiger partial charge in [-0.25, -0.2) is 24.3 Å². The van der Waals surface area contributed by atoms with E-state index in [0.29, 0.717) is 30.2 Å². The Morgan fingerprint density at radius 1 is 0.854 bits per heavy atom. The largest absolute Gasteiger partial charge is 0.496 e. The summed E-state index contributed by atoms with van der Waals surface area (Å²) in [5.41, 5.74) is 5.66. The van der Waals surface area contributed by atoms with Gasteiger partial charge >= 0.3 is 0 Å². The number of carbonyl (C=O) groups excluding carboxylic acids is 2. The normalized spacial score (nSPS) is 11.0. The highest BCUT2D eigenvalue weighted by atomic mass is 16.5. The van der Waals surface area contributed by atoms with Crippen molar-refractivity contribution < 1.29 is 14.3 Å². The van der Waals surface area contributed by atoms with Gasteiger partial charge in [-0.1, -0.05) is 41.6 Å². The van der Waals surface area contributed by atoms with Crippen molar-refractivity contribution in [3.63, 3.8) is 0 Å². The van der Waals surface area contributed by atoms with Gasteiger partial charge in [0.25, 0.3) is 11.8 Å². The summed E-state index contributed by atoms with van der Waals surface area (Å²) in [5.74, 6) is 0.732. The molecule has 0 aliphatic carbocycles. The molecule has 238 valence electrons. The summed E-state index contributed by atoms with van der Waals surface area (Å²) in [7, 11) is 1.66. The van der Waals surface area contributed by atoms with Gasteiger partial charge in [-0.15, -0.1) is 5.10 Å². The van der Waals surface area contributed by atoms with Gasteiger partial charge in [0, 0.05) is 17.7 Å². The van der Waals surface area contributed by atoms with Crippen LogP contribution in [0.15, 0.2) is 110 Å². The number of para-hydroxylation sites is 1. The molecular formula is C34H29N11O3. The highest BCUT2D eigenvalue weighted by molar-refractivity contribution is 5.97. The summed E-state index contributed by atoms with van der Waals surface area (Å²) >= 11 is 0. The Labute approximate surface area is 274 Å². The highest BCUT2D eigenvalue weighted by Gasteiger charge is 2.13. The minimum Gasteiger partial charge on any atom is -0.496 e. The number of ether oxygens (including phenoxy) is 1. The second-order valence-electron chi connectivity index (χ2n) is 10.8. The van der Waals surface area contributed by atoms with Crippen molar-refractivity contribution in [3.05, 3.63) is 138 Å². The van der Waals surface area contributed by atoms with Gasteiger partial charge in [0.2, 0.25) is 0 Å². The van der Waals surface area contributed by atoms with E-state index in [9.17, 15) is 9.59 Å². The maximum atomic E-state index is 13.1. The molecule has 14 nitrogen and oxygen atoms in total. The molecule has 0 spiro atoms. The van der Waals surface area contributed by atoms with Crippen LogP contribution in [0.4, 0.5) is 0 Å². The Morgan fingerprint density at radius 3 is 2.60 bits per heavy atom. The van der Waals surface area contributed by atoms with Crippen LogP contribution in [-0.4, -0.2) is 63.2 Å². The molecule has 0 atom stereocenters. The van der Waals surface area contributed by atoms with E-state index in [1.54, 1.807) is 54.6 Å². The second kappa shape index (κ2) is 13.3. The summed E-state index contributed by atoms with van der Waals surface area (Å²) in [5, 5.41) is 18.3. The van der Waals surface area contributed by atoms with Crippen LogP contribution in [0.5, 0.6) is 5.75 Å². The van der Waals surface area contributed by atoms with Crippen molar-refractivity contribution in [2.45, 2.75) is 19.6 Å². The molecule has 0 bridgehead atoms. The van der Waals surface area contributed by atoms with Crippen LogP contribution in [-0.2, 0) is 19.6 Å². The third-order valence-corrected chi connectivity index (χ3v) is 7.64. The molecule has 48 heavy (non-hydrogen) atoms. The molecule has 14 heteroatoms. The number of amides is 2. The summed E-state index contributed by atoms with van der Waals surface area (Å²) < 4.78 is 10.6. The highest BCUT2D eigenvalue weighted by Crippen LogP contribution is 2.22. The van der Waals surface area contributed by atoms with Crippen LogP contribution in [0, 0.1) is 0 Å². The van der Waals surface area contributed by atoms with E-state index in [-0.39, 0.29) is 24.1 Å². The van der Waals surface area contributed by atoms with Gasteiger partial charge in [0.1, 0.15) is 29.8 Å². The van der Waals surface area contributed by atoms with E-state index in [1.807, 2.05) is 59.2 Å². The van der Waals surface area contributed by atoms with Gasteiger partial charge < -0.3 is 19.9 Å². The molecule has 0 unspecified atom stereocenters. The van der Waals surface area contributed by atoms with Crippen LogP contribution >= 0.6 is 0 Å². The summed E-state index contributed by atoms with van der Waals surface area (Å²) in [6.07, 6.45) is 6.41. The van der Waals surface area contributed by atoms with Crippen LogP contribution in [0.1, 0.15) is 37.7 Å². The number of nitrogens with zero attached hydrogens (tertiary/aromatic N) is 9. The molecule has 0 saturated carbocycles. The monoisotopic (exact) mass is 639 g/mol. The first kappa shape index (κ1) is 30.0. The molecule has 0 radical (unpaired) electrons. The Morgan fingerprint density at radius 2 is 1.73 bits per heavy atom. The van der Waals surface area contributed by atoms with Crippen molar-refractivity contribution >= 4 is 22.8 Å². The fourth-order valence-corrected chi connectivity index (χ4v) is 5.21. The average Bonchev–Trinajstić information content (AvgIpc) is 3.92. The minimum absolute atomic E-state index is 0.160. The third-order valence-electron chi connectivity index (χ3n) is 7.64. The predicted molar refractivity (Wildman–Crippen MR) is 175 cm³/mol. The number of methoxy groups -OCH3 is 1. The van der Waals surface area contributed by atoms with E-state index in [4.69, 9.17) is 4.74 Å². The lowest BCUT2D eigenvalue weighted by atomic mass is 10.1. The quantitative estimate of drug-likeness (QED) is 0.216. The van der Waals surface area contributed by atoms with Crippen molar-refractivity contribution in [2.75, 3.05) is 7.11 Å². The molecule has 0 fully saturated rings. The summed E-state index contributed by atoms with van der Waals surface area (Å²) in [6.45, 7) is 1.07. The van der Waals surface area contributed by atoms with Crippen LogP contribution in [0.2, 0.25) is 0 Å². The van der Waals surface area contributed by atoms with Crippen molar-refractivity contribution in [2.24, 2.45) is 0 Å². The number of hydrogen-bond acceptors (Lipinski definition) is 9. The van der Waals surface area contributed by atoms with Gasteiger partial charge in [0.15, 0.2) is 5.82 Å². The first-order valence-electron chi connectivity index (χ1n) is 15.0. The Hall–Kier alpha value is -6.70. The Balaban J connectivity index is 0.956. The van der Waals surface area contributed by atoms with Gasteiger partial charge in [0.05, 0.1) is 49.4 Å². The molecule has 2 amide bonds. The van der Waals surface area contributed by atoms with E-state index >= 15 is 0 Å². The average molecular weight is 640 g/mol. The zero-order valence-corrected chi connectivity index (χ0v) is 25.8. The molecular weight excluding hydrogens is 610 g/mol. The predicted octanol–water partition coefficient (Wildman–Crippen LogP) is 3.51. The van der Waals surface area contributed by atoms with Gasteiger partial charge in [-0.05, 0) is 54.1 Å². The number of fused-ring (bicyclic) bond motifs is 1. The molecule has 7 aromatic rings. The number of hydrogen-bond donors (Lipinski definition) is 2. The molecule has 4 aromatic heterocycles. The summed E-state index contributed by atoms with van der Waals surface area (Å²) in [6, 6.07) is 26.0. The second-order valence-corrected chi connectivity index (χ2v) is 10.8. The number of imidazole rings is 1. The number of benzene rings is 3. The lowest BCUT2D eigenvalue weighted by Crippen LogP contribution is -2.24. The van der Waals surface area contributed by atoms with Crippen LogP contribution in [0.25, 0.3) is 22.5 Å². The first-order chi connectivity index (χ1) is 23.5. The number of carbonyl (C=O) groups is 2. The molecule has 0 saturated heterocycles. The van der Waals surface area contributed by atoms with E-state index in [0.717, 1.165) is 33.6 Å². The number of aromatic nitrogens is 9.